The molecule has 0 aromatic heterocycles. The third-order valence-corrected chi connectivity index (χ3v) is 5.79. The van der Waals surface area contributed by atoms with Crippen LogP contribution >= 0.6 is 0 Å². The summed E-state index contributed by atoms with van der Waals surface area (Å²) in [5.74, 6) is 0.0599. The molecule has 0 saturated heterocycles. The fourth-order valence-electron chi connectivity index (χ4n) is 3.91. The molecule has 1 atom stereocenters. The molecule has 0 heterocycles. The van der Waals surface area contributed by atoms with Crippen molar-refractivity contribution in [2.24, 2.45) is 0 Å². The fourth-order valence-corrected chi connectivity index (χ4v) is 3.91. The van der Waals surface area contributed by atoms with E-state index in [9.17, 15) is 14.0 Å². The van der Waals surface area contributed by atoms with Crippen molar-refractivity contribution in [1.82, 2.24) is 10.2 Å². The molecule has 0 saturated carbocycles. The molecular formula is C30H35FN2O3. The van der Waals surface area contributed by atoms with Crippen molar-refractivity contribution in [1.29, 1.82) is 0 Å². The zero-order chi connectivity index (χ0) is 25.9. The summed E-state index contributed by atoms with van der Waals surface area (Å²) in [6, 6.07) is 22.7. The summed E-state index contributed by atoms with van der Waals surface area (Å²) >= 11 is 0. The Bertz CT molecular complexity index is 1100. The van der Waals surface area contributed by atoms with Gasteiger partial charge in [-0.1, -0.05) is 60.2 Å². The molecule has 0 unspecified atom stereocenters. The van der Waals surface area contributed by atoms with E-state index in [0.717, 1.165) is 22.4 Å². The van der Waals surface area contributed by atoms with Crippen LogP contribution < -0.4 is 10.1 Å². The van der Waals surface area contributed by atoms with Crippen LogP contribution in [0, 0.1) is 12.7 Å². The number of amides is 2. The minimum Gasteiger partial charge on any atom is -0.494 e. The standard InChI is InChI=1S/C30H35FN2O3/c1-22(2)32-30(35)28(20-24-8-5-4-6-9-24)33(21-25-13-15-26(31)16-14-25)29(34)10-7-19-36-27-17-11-23(3)12-18-27/h4-6,8-9,11-18,22,28H,7,10,19-21H2,1-3H3,(H,32,35)/t28-/m0/s1. The number of benzene rings is 3. The van der Waals surface area contributed by atoms with Crippen LogP contribution in [0.1, 0.15) is 43.4 Å². The highest BCUT2D eigenvalue weighted by Gasteiger charge is 2.30. The second-order valence-electron chi connectivity index (χ2n) is 9.28. The number of nitrogens with one attached hydrogen (secondary N) is 1. The minimum atomic E-state index is -0.703. The molecule has 0 radical (unpaired) electrons. The summed E-state index contributed by atoms with van der Waals surface area (Å²) in [5, 5.41) is 2.97. The Morgan fingerprint density at radius 1 is 0.917 bits per heavy atom. The van der Waals surface area contributed by atoms with E-state index in [1.54, 1.807) is 17.0 Å². The Kier molecular flexibility index (Phi) is 10.0. The topological polar surface area (TPSA) is 58.6 Å². The van der Waals surface area contributed by atoms with Gasteiger partial charge < -0.3 is 15.0 Å². The normalized spacial score (nSPS) is 11.7. The monoisotopic (exact) mass is 490 g/mol. The van der Waals surface area contributed by atoms with Gasteiger partial charge in [0.25, 0.3) is 0 Å². The molecule has 190 valence electrons. The summed E-state index contributed by atoms with van der Waals surface area (Å²) in [4.78, 5) is 28.4. The SMILES string of the molecule is Cc1ccc(OCCCC(=O)N(Cc2ccc(F)cc2)[C@@H](Cc2ccccc2)C(=O)NC(C)C)cc1. The van der Waals surface area contributed by atoms with Crippen LogP contribution in [0.25, 0.3) is 0 Å². The Labute approximate surface area is 213 Å². The van der Waals surface area contributed by atoms with Crippen LogP contribution in [0.15, 0.2) is 78.9 Å². The number of carbonyl (C=O) groups excluding carboxylic acids is 2. The second kappa shape index (κ2) is 13.4. The van der Waals surface area contributed by atoms with Gasteiger partial charge in [0.1, 0.15) is 17.6 Å². The summed E-state index contributed by atoms with van der Waals surface area (Å²) in [7, 11) is 0. The van der Waals surface area contributed by atoms with E-state index < -0.39 is 6.04 Å². The van der Waals surface area contributed by atoms with Gasteiger partial charge in [-0.2, -0.15) is 0 Å². The van der Waals surface area contributed by atoms with E-state index in [2.05, 4.69) is 5.32 Å². The molecule has 5 nitrogen and oxygen atoms in total. The number of carbonyl (C=O) groups is 2. The second-order valence-corrected chi connectivity index (χ2v) is 9.28. The number of halogens is 1. The first kappa shape index (κ1) is 26.9. The van der Waals surface area contributed by atoms with Crippen LogP contribution in [0.4, 0.5) is 4.39 Å². The third kappa shape index (κ3) is 8.52. The van der Waals surface area contributed by atoms with Gasteiger partial charge >= 0.3 is 0 Å². The van der Waals surface area contributed by atoms with Crippen LogP contribution in [0.3, 0.4) is 0 Å². The molecule has 0 aliphatic heterocycles. The van der Waals surface area contributed by atoms with Gasteiger partial charge in [-0.15, -0.1) is 0 Å². The van der Waals surface area contributed by atoms with Crippen LogP contribution in [0.5, 0.6) is 5.75 Å². The highest BCUT2D eigenvalue weighted by Crippen LogP contribution is 2.18. The van der Waals surface area contributed by atoms with Crippen molar-refractivity contribution in [3.63, 3.8) is 0 Å². The predicted molar refractivity (Wildman–Crippen MR) is 140 cm³/mol. The Balaban J connectivity index is 1.77. The Morgan fingerprint density at radius 3 is 2.22 bits per heavy atom. The number of nitrogens with zero attached hydrogens (tertiary/aromatic N) is 1. The van der Waals surface area contributed by atoms with Crippen LogP contribution in [0.2, 0.25) is 0 Å². The molecule has 0 aliphatic rings. The Morgan fingerprint density at radius 2 is 1.58 bits per heavy atom. The minimum absolute atomic E-state index is 0.0681. The van der Waals surface area contributed by atoms with Crippen LogP contribution in [-0.2, 0) is 22.6 Å². The first-order chi connectivity index (χ1) is 17.3. The van der Waals surface area contributed by atoms with Gasteiger partial charge in [0, 0.05) is 25.4 Å². The van der Waals surface area contributed by atoms with Crippen molar-refractivity contribution < 1.29 is 18.7 Å². The lowest BCUT2D eigenvalue weighted by Gasteiger charge is -2.32. The summed E-state index contributed by atoms with van der Waals surface area (Å²) in [5.41, 5.74) is 2.87. The number of ether oxygens (including phenoxy) is 1. The zero-order valence-corrected chi connectivity index (χ0v) is 21.2. The molecule has 36 heavy (non-hydrogen) atoms. The van der Waals surface area contributed by atoms with Crippen molar-refractivity contribution in [2.45, 2.75) is 58.7 Å². The largest absolute Gasteiger partial charge is 0.494 e. The highest BCUT2D eigenvalue weighted by molar-refractivity contribution is 5.88. The fraction of sp³-hybridized carbons (Fsp3) is 0.333. The van der Waals surface area contributed by atoms with E-state index in [1.807, 2.05) is 75.4 Å². The molecule has 0 spiro atoms. The van der Waals surface area contributed by atoms with Crippen molar-refractivity contribution in [2.75, 3.05) is 6.61 Å². The first-order valence-corrected chi connectivity index (χ1v) is 12.4. The molecule has 6 heteroatoms. The maximum Gasteiger partial charge on any atom is 0.243 e. The lowest BCUT2D eigenvalue weighted by Crippen LogP contribution is -2.51. The van der Waals surface area contributed by atoms with E-state index in [0.29, 0.717) is 19.4 Å². The molecule has 3 aromatic carbocycles. The maximum atomic E-state index is 13.5. The summed E-state index contributed by atoms with van der Waals surface area (Å²) < 4.78 is 19.3. The van der Waals surface area contributed by atoms with Gasteiger partial charge in [0.15, 0.2) is 0 Å². The van der Waals surface area contributed by atoms with Crippen molar-refractivity contribution in [3.05, 3.63) is 101 Å². The van der Waals surface area contributed by atoms with Gasteiger partial charge in [0.2, 0.25) is 11.8 Å². The highest BCUT2D eigenvalue weighted by atomic mass is 19.1. The molecular weight excluding hydrogens is 455 g/mol. The molecule has 0 aliphatic carbocycles. The number of rotatable bonds is 12. The Hall–Kier alpha value is -3.67. The molecule has 1 N–H and O–H groups in total. The molecule has 3 aromatic rings. The third-order valence-electron chi connectivity index (χ3n) is 5.79. The van der Waals surface area contributed by atoms with E-state index in [1.165, 1.54) is 12.1 Å². The van der Waals surface area contributed by atoms with Gasteiger partial charge in [-0.05, 0) is 62.6 Å². The number of hydrogen-bond donors (Lipinski definition) is 1. The lowest BCUT2D eigenvalue weighted by molar-refractivity contribution is -0.141. The summed E-state index contributed by atoms with van der Waals surface area (Å²) in [6.45, 7) is 6.40. The summed E-state index contributed by atoms with van der Waals surface area (Å²) in [6.07, 6.45) is 1.12. The van der Waals surface area contributed by atoms with E-state index in [4.69, 9.17) is 4.74 Å². The number of hydrogen-bond acceptors (Lipinski definition) is 3. The lowest BCUT2D eigenvalue weighted by atomic mass is 10.0. The first-order valence-electron chi connectivity index (χ1n) is 12.4. The molecule has 0 fully saturated rings. The van der Waals surface area contributed by atoms with Crippen molar-refractivity contribution >= 4 is 11.8 Å². The van der Waals surface area contributed by atoms with Crippen LogP contribution in [-0.4, -0.2) is 35.4 Å². The maximum absolute atomic E-state index is 13.5. The van der Waals surface area contributed by atoms with Gasteiger partial charge in [-0.25, -0.2) is 4.39 Å². The predicted octanol–water partition coefficient (Wildman–Crippen LogP) is 5.46. The number of aryl methyl sites for hydroxylation is 1. The van der Waals surface area contributed by atoms with Gasteiger partial charge in [-0.3, -0.25) is 9.59 Å². The molecule has 2 amide bonds. The molecule has 0 bridgehead atoms. The van der Waals surface area contributed by atoms with Crippen molar-refractivity contribution in [3.8, 4) is 5.75 Å². The smallest absolute Gasteiger partial charge is 0.243 e. The van der Waals surface area contributed by atoms with E-state index >= 15 is 0 Å². The quantitative estimate of drug-likeness (QED) is 0.343. The zero-order valence-electron chi connectivity index (χ0n) is 21.2. The van der Waals surface area contributed by atoms with Gasteiger partial charge in [0.05, 0.1) is 6.61 Å². The average molecular weight is 491 g/mol. The average Bonchev–Trinajstić information content (AvgIpc) is 2.86. The molecule has 3 rings (SSSR count). The van der Waals surface area contributed by atoms with E-state index in [-0.39, 0.29) is 36.6 Å².